The molecule has 1 rings (SSSR count). The summed E-state index contributed by atoms with van der Waals surface area (Å²) >= 11 is 0. The summed E-state index contributed by atoms with van der Waals surface area (Å²) in [7, 11) is -8.60. The van der Waals surface area contributed by atoms with Gasteiger partial charge in [0.2, 0.25) is 10.0 Å². The second-order valence-electron chi connectivity index (χ2n) is 3.35. The van der Waals surface area contributed by atoms with Gasteiger partial charge in [-0.05, 0) is 18.6 Å². The van der Waals surface area contributed by atoms with Crippen LogP contribution >= 0.6 is 0 Å². The van der Waals surface area contributed by atoms with E-state index < -0.39 is 25.1 Å². The zero-order chi connectivity index (χ0) is 13.1. The Morgan fingerprint density at radius 3 is 2.29 bits per heavy atom. The molecule has 0 aliphatic rings. The summed E-state index contributed by atoms with van der Waals surface area (Å²) in [4.78, 5) is -0.681. The molecule has 0 unspecified atom stereocenters. The number of sulfonamides is 1. The first-order valence-electron chi connectivity index (χ1n) is 4.80. The van der Waals surface area contributed by atoms with Crippen molar-refractivity contribution in [1.82, 2.24) is 0 Å². The molecule has 8 heteroatoms. The molecule has 1 aromatic carbocycles. The van der Waals surface area contributed by atoms with E-state index >= 15 is 0 Å². The molecule has 1 aromatic rings. The summed E-state index contributed by atoms with van der Waals surface area (Å²) in [5, 5.41) is 0. The van der Waals surface area contributed by atoms with Crippen molar-refractivity contribution in [3.63, 3.8) is 0 Å². The Labute approximate surface area is 99.9 Å². The van der Waals surface area contributed by atoms with Gasteiger partial charge in [-0.25, -0.2) is 8.42 Å². The standard InChI is InChI=1S/C9H12FNO4S2/c1-2-7-16(12,13)11-8-5-3-4-6-9(8)17(10,14)15/h3-6,11H,2,7H2,1H3. The number of halogens is 1. The van der Waals surface area contributed by atoms with Crippen molar-refractivity contribution in [2.24, 2.45) is 0 Å². The van der Waals surface area contributed by atoms with Crippen molar-refractivity contribution in [1.29, 1.82) is 0 Å². The molecule has 5 nitrogen and oxygen atoms in total. The Morgan fingerprint density at radius 1 is 1.18 bits per heavy atom. The first kappa shape index (κ1) is 13.9. The molecule has 0 bridgehead atoms. The number of hydrogen-bond acceptors (Lipinski definition) is 4. The lowest BCUT2D eigenvalue weighted by atomic mass is 10.3. The average molecular weight is 281 g/mol. The monoisotopic (exact) mass is 281 g/mol. The number of para-hydroxylation sites is 1. The maximum absolute atomic E-state index is 12.9. The van der Waals surface area contributed by atoms with E-state index in [4.69, 9.17) is 0 Å². The molecule has 0 saturated carbocycles. The van der Waals surface area contributed by atoms with Crippen LogP contribution in [-0.4, -0.2) is 22.6 Å². The molecule has 0 aromatic heterocycles. The van der Waals surface area contributed by atoms with E-state index in [1.165, 1.54) is 18.2 Å². The Hall–Kier alpha value is -1.15. The van der Waals surface area contributed by atoms with Crippen molar-refractivity contribution >= 4 is 25.9 Å². The second-order valence-corrected chi connectivity index (χ2v) is 6.51. The van der Waals surface area contributed by atoms with Crippen LogP contribution in [0.5, 0.6) is 0 Å². The highest BCUT2D eigenvalue weighted by Crippen LogP contribution is 2.23. The minimum Gasteiger partial charge on any atom is -0.282 e. The fourth-order valence-corrected chi connectivity index (χ4v) is 3.09. The van der Waals surface area contributed by atoms with Gasteiger partial charge in [0.05, 0.1) is 11.4 Å². The number of benzene rings is 1. The molecule has 0 amide bonds. The van der Waals surface area contributed by atoms with Gasteiger partial charge in [0, 0.05) is 0 Å². The lowest BCUT2D eigenvalue weighted by Gasteiger charge is -2.09. The fraction of sp³-hybridized carbons (Fsp3) is 0.333. The molecule has 0 heterocycles. The summed E-state index contributed by atoms with van der Waals surface area (Å²) in [6, 6.07) is 4.92. The van der Waals surface area contributed by atoms with E-state index in [1.54, 1.807) is 6.92 Å². The molecule has 17 heavy (non-hydrogen) atoms. The number of hydrogen-bond donors (Lipinski definition) is 1. The summed E-state index contributed by atoms with van der Waals surface area (Å²) in [6.45, 7) is 1.66. The highest BCUT2D eigenvalue weighted by atomic mass is 32.3. The van der Waals surface area contributed by atoms with Crippen molar-refractivity contribution in [3.8, 4) is 0 Å². The molecule has 0 saturated heterocycles. The number of rotatable bonds is 5. The highest BCUT2D eigenvalue weighted by molar-refractivity contribution is 7.92. The van der Waals surface area contributed by atoms with E-state index in [0.29, 0.717) is 6.42 Å². The zero-order valence-electron chi connectivity index (χ0n) is 9.05. The minimum atomic E-state index is -4.95. The Morgan fingerprint density at radius 2 is 1.76 bits per heavy atom. The Kier molecular flexibility index (Phi) is 4.10. The smallest absolute Gasteiger partial charge is 0.282 e. The number of nitrogens with one attached hydrogen (secondary N) is 1. The topological polar surface area (TPSA) is 80.3 Å². The van der Waals surface area contributed by atoms with Gasteiger partial charge in [-0.2, -0.15) is 8.42 Å². The van der Waals surface area contributed by atoms with Gasteiger partial charge in [-0.3, -0.25) is 4.72 Å². The normalized spacial score (nSPS) is 12.4. The summed E-state index contributed by atoms with van der Waals surface area (Å²) < 4.78 is 59.4. The van der Waals surface area contributed by atoms with Gasteiger partial charge in [0.15, 0.2) is 0 Å². The predicted molar refractivity (Wildman–Crippen MR) is 62.4 cm³/mol. The van der Waals surface area contributed by atoms with Gasteiger partial charge in [-0.1, -0.05) is 19.1 Å². The SMILES string of the molecule is CCCS(=O)(=O)Nc1ccccc1S(=O)(=O)F. The third-order valence-corrected chi connectivity index (χ3v) is 4.25. The minimum absolute atomic E-state index is 0.159. The lowest BCUT2D eigenvalue weighted by Crippen LogP contribution is -2.17. The van der Waals surface area contributed by atoms with Crippen LogP contribution in [0.25, 0.3) is 0 Å². The van der Waals surface area contributed by atoms with Crippen LogP contribution in [0, 0.1) is 0 Å². The maximum Gasteiger partial charge on any atom is 0.334 e. The van der Waals surface area contributed by atoms with Crippen LogP contribution in [0.1, 0.15) is 13.3 Å². The van der Waals surface area contributed by atoms with Gasteiger partial charge < -0.3 is 0 Å². The lowest BCUT2D eigenvalue weighted by molar-refractivity contribution is 0.552. The van der Waals surface area contributed by atoms with Crippen LogP contribution in [0.15, 0.2) is 29.2 Å². The summed E-state index contributed by atoms with van der Waals surface area (Å²) in [5.74, 6) is -0.159. The molecule has 96 valence electrons. The maximum atomic E-state index is 12.9. The van der Waals surface area contributed by atoms with Crippen LogP contribution in [0.4, 0.5) is 9.57 Å². The van der Waals surface area contributed by atoms with E-state index in [1.807, 2.05) is 4.72 Å². The molecule has 0 aliphatic heterocycles. The van der Waals surface area contributed by atoms with E-state index in [2.05, 4.69) is 0 Å². The quantitative estimate of drug-likeness (QED) is 0.829. The average Bonchev–Trinajstić information content (AvgIpc) is 2.15. The van der Waals surface area contributed by atoms with Gasteiger partial charge in [-0.15, -0.1) is 3.89 Å². The first-order valence-corrected chi connectivity index (χ1v) is 7.84. The largest absolute Gasteiger partial charge is 0.334 e. The highest BCUT2D eigenvalue weighted by Gasteiger charge is 2.19. The van der Waals surface area contributed by atoms with Gasteiger partial charge in [0.1, 0.15) is 4.90 Å². The van der Waals surface area contributed by atoms with E-state index in [0.717, 1.165) is 6.07 Å². The van der Waals surface area contributed by atoms with Gasteiger partial charge >= 0.3 is 10.2 Å². The second kappa shape index (κ2) is 5.01. The molecule has 0 fully saturated rings. The van der Waals surface area contributed by atoms with Crippen molar-refractivity contribution < 1.29 is 20.7 Å². The Bertz CT molecular complexity index is 595. The van der Waals surface area contributed by atoms with Crippen molar-refractivity contribution in [2.45, 2.75) is 18.2 Å². The zero-order valence-corrected chi connectivity index (χ0v) is 10.7. The van der Waals surface area contributed by atoms with Crippen molar-refractivity contribution in [2.75, 3.05) is 10.5 Å². The van der Waals surface area contributed by atoms with E-state index in [-0.39, 0.29) is 11.4 Å². The molecule has 0 radical (unpaired) electrons. The van der Waals surface area contributed by atoms with Crippen LogP contribution in [0.3, 0.4) is 0 Å². The predicted octanol–water partition coefficient (Wildman–Crippen LogP) is 1.50. The molecular formula is C9H12FNO4S2. The van der Waals surface area contributed by atoms with Crippen LogP contribution < -0.4 is 4.72 Å². The van der Waals surface area contributed by atoms with Crippen LogP contribution in [0.2, 0.25) is 0 Å². The van der Waals surface area contributed by atoms with E-state index in [9.17, 15) is 20.7 Å². The summed E-state index contributed by atoms with van der Waals surface area (Å²) in [6.07, 6.45) is 0.375. The summed E-state index contributed by atoms with van der Waals surface area (Å²) in [5.41, 5.74) is -0.275. The third-order valence-electron chi connectivity index (χ3n) is 1.89. The van der Waals surface area contributed by atoms with Gasteiger partial charge in [0.25, 0.3) is 0 Å². The van der Waals surface area contributed by atoms with Crippen molar-refractivity contribution in [3.05, 3.63) is 24.3 Å². The molecule has 0 aliphatic carbocycles. The Balaban J connectivity index is 3.17. The number of anilines is 1. The molecule has 1 N–H and O–H groups in total. The third kappa shape index (κ3) is 3.97. The first-order chi connectivity index (χ1) is 7.76. The van der Waals surface area contributed by atoms with Crippen LogP contribution in [-0.2, 0) is 20.2 Å². The fourth-order valence-electron chi connectivity index (χ4n) is 1.25. The molecule has 0 spiro atoms. The molecule has 0 atom stereocenters. The molecular weight excluding hydrogens is 269 g/mol.